The van der Waals surface area contributed by atoms with Crippen LogP contribution in [-0.4, -0.2) is 24.2 Å². The lowest BCUT2D eigenvalue weighted by atomic mass is 9.86. The molecule has 0 amide bonds. The summed E-state index contributed by atoms with van der Waals surface area (Å²) >= 11 is 0. The molecule has 0 aliphatic carbocycles. The molecule has 0 radical (unpaired) electrons. The fourth-order valence-corrected chi connectivity index (χ4v) is 1.69. The normalized spacial score (nSPS) is 13.1. The summed E-state index contributed by atoms with van der Waals surface area (Å²) in [6, 6.07) is 6.53. The number of phenols is 1. The molecule has 4 nitrogen and oxygen atoms in total. The molecule has 1 atom stereocenters. The molecule has 0 fully saturated rings. The number of carbonyl (C=O) groups is 1. The third kappa shape index (κ3) is 4.04. The van der Waals surface area contributed by atoms with Crippen LogP contribution < -0.4 is 5.32 Å². The lowest BCUT2D eigenvalue weighted by Gasteiger charge is -2.29. The summed E-state index contributed by atoms with van der Waals surface area (Å²) in [4.78, 5) is 11.7. The maximum Gasteiger partial charge on any atom is 0.323 e. The van der Waals surface area contributed by atoms with Crippen LogP contribution in [0.4, 0.5) is 0 Å². The van der Waals surface area contributed by atoms with Crippen molar-refractivity contribution in [1.82, 2.24) is 5.32 Å². The van der Waals surface area contributed by atoms with Crippen molar-refractivity contribution in [3.63, 3.8) is 0 Å². The van der Waals surface area contributed by atoms with Crippen LogP contribution in [0.25, 0.3) is 0 Å². The molecular formula is C14H21NO3. The van der Waals surface area contributed by atoms with Crippen LogP contribution in [0.1, 0.15) is 26.3 Å². The Morgan fingerprint density at radius 2 is 1.89 bits per heavy atom. The zero-order valence-corrected chi connectivity index (χ0v) is 11.4. The van der Waals surface area contributed by atoms with E-state index >= 15 is 0 Å². The quantitative estimate of drug-likeness (QED) is 0.804. The van der Waals surface area contributed by atoms with Crippen LogP contribution in [0.15, 0.2) is 24.3 Å². The first kappa shape index (κ1) is 14.5. The van der Waals surface area contributed by atoms with Crippen molar-refractivity contribution in [3.05, 3.63) is 29.8 Å². The van der Waals surface area contributed by atoms with Crippen LogP contribution in [0, 0.1) is 5.41 Å². The van der Waals surface area contributed by atoms with Gasteiger partial charge in [0.1, 0.15) is 11.8 Å². The zero-order valence-electron chi connectivity index (χ0n) is 11.4. The standard InChI is InChI=1S/C14H21NO3/c1-14(2,3)12(13(17)18-4)15-9-10-5-7-11(16)8-6-10/h5-8,12,15-16H,9H2,1-4H3/t12-/m0/s1. The number of nitrogens with one attached hydrogen (secondary N) is 1. The number of esters is 1. The molecule has 1 aromatic rings. The van der Waals surface area contributed by atoms with E-state index in [0.717, 1.165) is 5.56 Å². The molecule has 0 aromatic heterocycles. The van der Waals surface area contributed by atoms with Gasteiger partial charge in [0.05, 0.1) is 7.11 Å². The maximum atomic E-state index is 11.7. The van der Waals surface area contributed by atoms with Crippen LogP contribution in [0.3, 0.4) is 0 Å². The molecule has 0 spiro atoms. The number of hydrogen-bond donors (Lipinski definition) is 2. The van der Waals surface area contributed by atoms with Crippen molar-refractivity contribution in [2.75, 3.05) is 7.11 Å². The predicted octanol–water partition coefficient (Wildman–Crippen LogP) is 2.07. The smallest absolute Gasteiger partial charge is 0.323 e. The van der Waals surface area contributed by atoms with Gasteiger partial charge in [0, 0.05) is 6.54 Å². The van der Waals surface area contributed by atoms with Crippen molar-refractivity contribution in [3.8, 4) is 5.75 Å². The van der Waals surface area contributed by atoms with Gasteiger partial charge in [-0.15, -0.1) is 0 Å². The van der Waals surface area contributed by atoms with E-state index < -0.39 is 0 Å². The van der Waals surface area contributed by atoms with Crippen LogP contribution in [0.2, 0.25) is 0 Å². The first-order valence-electron chi connectivity index (χ1n) is 5.93. The first-order chi connectivity index (χ1) is 8.34. The lowest BCUT2D eigenvalue weighted by Crippen LogP contribution is -2.46. The molecule has 0 bridgehead atoms. The Kier molecular flexibility index (Phi) is 4.73. The molecule has 1 aromatic carbocycles. The second-order valence-electron chi connectivity index (χ2n) is 5.37. The number of benzene rings is 1. The Hall–Kier alpha value is -1.55. The average molecular weight is 251 g/mol. The van der Waals surface area contributed by atoms with Crippen LogP contribution in [0.5, 0.6) is 5.75 Å². The number of hydrogen-bond acceptors (Lipinski definition) is 4. The van der Waals surface area contributed by atoms with Gasteiger partial charge in [-0.05, 0) is 23.1 Å². The number of carbonyl (C=O) groups excluding carboxylic acids is 1. The third-order valence-corrected chi connectivity index (χ3v) is 2.75. The molecular weight excluding hydrogens is 230 g/mol. The summed E-state index contributed by atoms with van der Waals surface area (Å²) in [6.45, 7) is 6.51. The Morgan fingerprint density at radius 3 is 2.33 bits per heavy atom. The van der Waals surface area contributed by atoms with E-state index in [1.165, 1.54) is 7.11 Å². The molecule has 0 heterocycles. The molecule has 0 aliphatic heterocycles. The number of rotatable bonds is 4. The summed E-state index contributed by atoms with van der Waals surface area (Å²) in [6.07, 6.45) is 0. The average Bonchev–Trinajstić information content (AvgIpc) is 2.29. The molecule has 4 heteroatoms. The number of phenolic OH excluding ortho intramolecular Hbond substituents is 1. The van der Waals surface area contributed by atoms with Crippen molar-refractivity contribution >= 4 is 5.97 Å². The maximum absolute atomic E-state index is 11.7. The summed E-state index contributed by atoms with van der Waals surface area (Å²) in [5.41, 5.74) is 0.787. The van der Waals surface area contributed by atoms with E-state index in [2.05, 4.69) is 5.32 Å². The highest BCUT2D eigenvalue weighted by Crippen LogP contribution is 2.21. The second-order valence-corrected chi connectivity index (χ2v) is 5.37. The van der Waals surface area contributed by atoms with E-state index in [1.807, 2.05) is 32.9 Å². The van der Waals surface area contributed by atoms with Crippen LogP contribution >= 0.6 is 0 Å². The molecule has 2 N–H and O–H groups in total. The summed E-state index contributed by atoms with van der Waals surface area (Å²) in [5, 5.41) is 12.4. The van der Waals surface area contributed by atoms with Gasteiger partial charge in [-0.3, -0.25) is 10.1 Å². The topological polar surface area (TPSA) is 58.6 Å². The largest absolute Gasteiger partial charge is 0.508 e. The predicted molar refractivity (Wildman–Crippen MR) is 70.2 cm³/mol. The third-order valence-electron chi connectivity index (χ3n) is 2.75. The number of aromatic hydroxyl groups is 1. The van der Waals surface area contributed by atoms with Gasteiger partial charge in [-0.25, -0.2) is 0 Å². The molecule has 0 aliphatic rings. The van der Waals surface area contributed by atoms with Crippen molar-refractivity contribution in [2.24, 2.45) is 5.41 Å². The number of ether oxygens (including phenoxy) is 1. The molecule has 0 saturated carbocycles. The molecule has 0 saturated heterocycles. The fourth-order valence-electron chi connectivity index (χ4n) is 1.69. The summed E-state index contributed by atoms with van der Waals surface area (Å²) < 4.78 is 4.80. The molecule has 100 valence electrons. The Labute approximate surface area is 108 Å². The van der Waals surface area contributed by atoms with Crippen LogP contribution in [-0.2, 0) is 16.1 Å². The van der Waals surface area contributed by atoms with Crippen molar-refractivity contribution < 1.29 is 14.6 Å². The van der Waals surface area contributed by atoms with Gasteiger partial charge in [0.25, 0.3) is 0 Å². The molecule has 18 heavy (non-hydrogen) atoms. The highest BCUT2D eigenvalue weighted by molar-refractivity contribution is 5.76. The van der Waals surface area contributed by atoms with E-state index in [4.69, 9.17) is 4.74 Å². The first-order valence-corrected chi connectivity index (χ1v) is 5.93. The van der Waals surface area contributed by atoms with E-state index in [9.17, 15) is 9.90 Å². The Balaban J connectivity index is 2.68. The highest BCUT2D eigenvalue weighted by atomic mass is 16.5. The second kappa shape index (κ2) is 5.87. The van der Waals surface area contributed by atoms with E-state index in [1.54, 1.807) is 12.1 Å². The van der Waals surface area contributed by atoms with Gasteiger partial charge in [0.15, 0.2) is 0 Å². The van der Waals surface area contributed by atoms with Gasteiger partial charge in [0.2, 0.25) is 0 Å². The highest BCUT2D eigenvalue weighted by Gasteiger charge is 2.31. The van der Waals surface area contributed by atoms with Crippen molar-refractivity contribution in [1.29, 1.82) is 0 Å². The fraction of sp³-hybridized carbons (Fsp3) is 0.500. The molecule has 1 rings (SSSR count). The lowest BCUT2D eigenvalue weighted by molar-refractivity contribution is -0.146. The Bertz CT molecular complexity index is 392. The minimum atomic E-state index is -0.365. The zero-order chi connectivity index (χ0) is 13.8. The van der Waals surface area contributed by atoms with Crippen molar-refractivity contribution in [2.45, 2.75) is 33.4 Å². The minimum absolute atomic E-state index is 0.218. The van der Waals surface area contributed by atoms with E-state index in [-0.39, 0.29) is 23.2 Å². The van der Waals surface area contributed by atoms with Gasteiger partial charge < -0.3 is 9.84 Å². The number of methoxy groups -OCH3 is 1. The van der Waals surface area contributed by atoms with Gasteiger partial charge in [-0.2, -0.15) is 0 Å². The monoisotopic (exact) mass is 251 g/mol. The SMILES string of the molecule is COC(=O)[C@H](NCc1ccc(O)cc1)C(C)(C)C. The molecule has 0 unspecified atom stereocenters. The minimum Gasteiger partial charge on any atom is -0.508 e. The van der Waals surface area contributed by atoms with E-state index in [0.29, 0.717) is 6.54 Å². The summed E-state index contributed by atoms with van der Waals surface area (Å²) in [7, 11) is 1.39. The summed E-state index contributed by atoms with van der Waals surface area (Å²) in [5.74, 6) is -0.0274. The van der Waals surface area contributed by atoms with Gasteiger partial charge >= 0.3 is 5.97 Å². The van der Waals surface area contributed by atoms with Gasteiger partial charge in [-0.1, -0.05) is 32.9 Å². The Morgan fingerprint density at radius 1 is 1.33 bits per heavy atom.